The number of hydrogen-bond donors (Lipinski definition) is 1. The molecule has 1 aliphatic carbocycles. The summed E-state index contributed by atoms with van der Waals surface area (Å²) in [5.41, 5.74) is 0.0676. The Balaban J connectivity index is 2.29. The first-order valence-corrected chi connectivity index (χ1v) is 7.63. The molecule has 0 saturated heterocycles. The van der Waals surface area contributed by atoms with Crippen LogP contribution in [-0.4, -0.2) is 38.0 Å². The summed E-state index contributed by atoms with van der Waals surface area (Å²) in [6.45, 7) is 9.83. The second-order valence-electron chi connectivity index (χ2n) is 5.74. The SMILES string of the molecule is CCCOCCOC1(CNC(C)C)CCCCC1. The Kier molecular flexibility index (Phi) is 7.87. The van der Waals surface area contributed by atoms with Gasteiger partial charge in [-0.15, -0.1) is 0 Å². The fraction of sp³-hybridized carbons (Fsp3) is 1.00. The summed E-state index contributed by atoms with van der Waals surface area (Å²) in [7, 11) is 0. The van der Waals surface area contributed by atoms with Gasteiger partial charge in [0.25, 0.3) is 0 Å². The summed E-state index contributed by atoms with van der Waals surface area (Å²) in [6.07, 6.45) is 7.44. The zero-order chi connectivity index (χ0) is 13.3. The average Bonchev–Trinajstić information content (AvgIpc) is 2.38. The second-order valence-corrected chi connectivity index (χ2v) is 5.74. The van der Waals surface area contributed by atoms with E-state index in [-0.39, 0.29) is 5.60 Å². The predicted octanol–water partition coefficient (Wildman–Crippen LogP) is 3.13. The van der Waals surface area contributed by atoms with Gasteiger partial charge in [-0.25, -0.2) is 0 Å². The minimum atomic E-state index is 0.0676. The van der Waals surface area contributed by atoms with E-state index in [0.29, 0.717) is 6.04 Å². The smallest absolute Gasteiger partial charge is 0.0807 e. The van der Waals surface area contributed by atoms with Gasteiger partial charge in [0.05, 0.1) is 18.8 Å². The van der Waals surface area contributed by atoms with E-state index in [1.807, 2.05) is 0 Å². The first-order chi connectivity index (χ1) is 8.68. The van der Waals surface area contributed by atoms with Crippen molar-refractivity contribution in [3.05, 3.63) is 0 Å². The first kappa shape index (κ1) is 15.9. The van der Waals surface area contributed by atoms with E-state index in [9.17, 15) is 0 Å². The summed E-state index contributed by atoms with van der Waals surface area (Å²) >= 11 is 0. The Morgan fingerprint density at radius 1 is 1.06 bits per heavy atom. The highest BCUT2D eigenvalue weighted by Crippen LogP contribution is 2.31. The highest BCUT2D eigenvalue weighted by atomic mass is 16.5. The maximum atomic E-state index is 6.18. The van der Waals surface area contributed by atoms with Crippen LogP contribution in [0.15, 0.2) is 0 Å². The fourth-order valence-corrected chi connectivity index (χ4v) is 2.52. The van der Waals surface area contributed by atoms with Crippen LogP contribution in [0.25, 0.3) is 0 Å². The molecule has 1 aliphatic rings. The molecule has 0 aromatic carbocycles. The van der Waals surface area contributed by atoms with E-state index in [4.69, 9.17) is 9.47 Å². The van der Waals surface area contributed by atoms with Gasteiger partial charge in [0.1, 0.15) is 0 Å². The van der Waals surface area contributed by atoms with Gasteiger partial charge in [0.2, 0.25) is 0 Å². The lowest BCUT2D eigenvalue weighted by Gasteiger charge is -2.38. The van der Waals surface area contributed by atoms with E-state index in [0.717, 1.165) is 32.8 Å². The number of rotatable bonds is 9. The molecule has 0 amide bonds. The Bertz CT molecular complexity index is 201. The van der Waals surface area contributed by atoms with Crippen LogP contribution in [0.3, 0.4) is 0 Å². The van der Waals surface area contributed by atoms with Crippen LogP contribution in [0.4, 0.5) is 0 Å². The molecule has 0 spiro atoms. The molecule has 0 aliphatic heterocycles. The van der Waals surface area contributed by atoms with Crippen LogP contribution in [-0.2, 0) is 9.47 Å². The van der Waals surface area contributed by atoms with Gasteiger partial charge in [0, 0.05) is 19.2 Å². The van der Waals surface area contributed by atoms with Crippen molar-refractivity contribution in [2.75, 3.05) is 26.4 Å². The van der Waals surface area contributed by atoms with Gasteiger partial charge in [0.15, 0.2) is 0 Å². The van der Waals surface area contributed by atoms with Gasteiger partial charge >= 0.3 is 0 Å². The molecule has 0 heterocycles. The maximum absolute atomic E-state index is 6.18. The second kappa shape index (κ2) is 8.89. The zero-order valence-electron chi connectivity index (χ0n) is 12.5. The van der Waals surface area contributed by atoms with Crippen molar-refractivity contribution in [1.29, 1.82) is 0 Å². The lowest BCUT2D eigenvalue weighted by molar-refractivity contribution is -0.0868. The number of hydrogen-bond acceptors (Lipinski definition) is 3. The van der Waals surface area contributed by atoms with Crippen molar-refractivity contribution in [1.82, 2.24) is 5.32 Å². The van der Waals surface area contributed by atoms with E-state index in [2.05, 4.69) is 26.1 Å². The Labute approximate surface area is 113 Å². The molecule has 1 rings (SSSR count). The molecule has 0 radical (unpaired) electrons. The Morgan fingerprint density at radius 3 is 2.39 bits per heavy atom. The van der Waals surface area contributed by atoms with Crippen LogP contribution in [0.5, 0.6) is 0 Å². The van der Waals surface area contributed by atoms with Crippen LogP contribution in [0.1, 0.15) is 59.3 Å². The van der Waals surface area contributed by atoms with Gasteiger partial charge in [-0.1, -0.05) is 40.0 Å². The van der Waals surface area contributed by atoms with Crippen molar-refractivity contribution >= 4 is 0 Å². The summed E-state index contributed by atoms with van der Waals surface area (Å²) in [4.78, 5) is 0. The zero-order valence-corrected chi connectivity index (χ0v) is 12.5. The summed E-state index contributed by atoms with van der Waals surface area (Å²) in [5, 5.41) is 3.54. The lowest BCUT2D eigenvalue weighted by Crippen LogP contribution is -2.47. The molecule has 0 atom stereocenters. The molecular weight excluding hydrogens is 226 g/mol. The molecule has 0 aromatic rings. The number of ether oxygens (including phenoxy) is 2. The standard InChI is InChI=1S/C15H31NO2/c1-4-10-17-11-12-18-15(13-16-14(2)3)8-6-5-7-9-15/h14,16H,4-13H2,1-3H3. The van der Waals surface area contributed by atoms with Crippen LogP contribution in [0.2, 0.25) is 0 Å². The van der Waals surface area contributed by atoms with Crippen molar-refractivity contribution in [3.63, 3.8) is 0 Å². The predicted molar refractivity (Wildman–Crippen MR) is 76.0 cm³/mol. The Hall–Kier alpha value is -0.120. The van der Waals surface area contributed by atoms with E-state index >= 15 is 0 Å². The molecule has 0 aromatic heterocycles. The molecule has 18 heavy (non-hydrogen) atoms. The monoisotopic (exact) mass is 257 g/mol. The molecular formula is C15H31NO2. The largest absolute Gasteiger partial charge is 0.379 e. The van der Waals surface area contributed by atoms with Gasteiger partial charge in [-0.3, -0.25) is 0 Å². The quantitative estimate of drug-likeness (QED) is 0.644. The first-order valence-electron chi connectivity index (χ1n) is 7.63. The molecule has 1 N–H and O–H groups in total. The minimum Gasteiger partial charge on any atom is -0.379 e. The van der Waals surface area contributed by atoms with E-state index in [1.54, 1.807) is 0 Å². The van der Waals surface area contributed by atoms with Crippen molar-refractivity contribution in [2.24, 2.45) is 0 Å². The van der Waals surface area contributed by atoms with Crippen molar-refractivity contribution in [2.45, 2.75) is 70.9 Å². The molecule has 1 fully saturated rings. The van der Waals surface area contributed by atoms with Gasteiger partial charge in [-0.05, 0) is 19.3 Å². The van der Waals surface area contributed by atoms with Crippen molar-refractivity contribution in [3.8, 4) is 0 Å². The maximum Gasteiger partial charge on any atom is 0.0807 e. The van der Waals surface area contributed by atoms with Crippen molar-refractivity contribution < 1.29 is 9.47 Å². The summed E-state index contributed by atoms with van der Waals surface area (Å²) in [6, 6.07) is 0.531. The molecule has 3 heteroatoms. The third-order valence-corrected chi connectivity index (χ3v) is 3.58. The molecule has 3 nitrogen and oxygen atoms in total. The van der Waals surface area contributed by atoms with Gasteiger partial charge < -0.3 is 14.8 Å². The lowest BCUT2D eigenvalue weighted by atomic mass is 9.84. The van der Waals surface area contributed by atoms with E-state index < -0.39 is 0 Å². The van der Waals surface area contributed by atoms with E-state index in [1.165, 1.54) is 32.1 Å². The summed E-state index contributed by atoms with van der Waals surface area (Å²) < 4.78 is 11.7. The highest BCUT2D eigenvalue weighted by Gasteiger charge is 2.32. The fourth-order valence-electron chi connectivity index (χ4n) is 2.52. The molecule has 108 valence electrons. The highest BCUT2D eigenvalue weighted by molar-refractivity contribution is 4.87. The van der Waals surface area contributed by atoms with Crippen LogP contribution in [0, 0.1) is 0 Å². The minimum absolute atomic E-state index is 0.0676. The molecule has 1 saturated carbocycles. The number of nitrogens with one attached hydrogen (secondary N) is 1. The van der Waals surface area contributed by atoms with Gasteiger partial charge in [-0.2, -0.15) is 0 Å². The Morgan fingerprint density at radius 2 is 1.78 bits per heavy atom. The van der Waals surface area contributed by atoms with Crippen LogP contribution < -0.4 is 5.32 Å². The van der Waals surface area contributed by atoms with Crippen LogP contribution >= 0.6 is 0 Å². The topological polar surface area (TPSA) is 30.5 Å². The summed E-state index contributed by atoms with van der Waals surface area (Å²) in [5.74, 6) is 0. The normalized spacial score (nSPS) is 19.3. The molecule has 0 bridgehead atoms. The molecule has 0 unspecified atom stereocenters. The third-order valence-electron chi connectivity index (χ3n) is 3.58. The average molecular weight is 257 g/mol. The third kappa shape index (κ3) is 6.17.